The first-order chi connectivity index (χ1) is 15.4. The number of rotatable bonds is 6. The summed E-state index contributed by atoms with van der Waals surface area (Å²) in [5, 5.41) is 0.566. The number of benzene rings is 3. The van der Waals surface area contributed by atoms with Crippen LogP contribution >= 0.6 is 35.0 Å². The Morgan fingerprint density at radius 2 is 1.81 bits per heavy atom. The molecule has 0 saturated carbocycles. The predicted octanol–water partition coefficient (Wildman–Crippen LogP) is 7.12. The fourth-order valence-corrected chi connectivity index (χ4v) is 4.59. The van der Waals surface area contributed by atoms with Crippen molar-refractivity contribution in [2.45, 2.75) is 20.1 Å². The predicted molar refractivity (Wildman–Crippen MR) is 130 cm³/mol. The van der Waals surface area contributed by atoms with Crippen LogP contribution in [-0.4, -0.2) is 16.0 Å². The van der Waals surface area contributed by atoms with Crippen molar-refractivity contribution in [1.82, 2.24) is 4.90 Å². The van der Waals surface area contributed by atoms with Gasteiger partial charge in [-0.2, -0.15) is 0 Å². The largest absolute Gasteiger partial charge is 0.488 e. The second-order valence-corrected chi connectivity index (χ2v) is 9.16. The van der Waals surface area contributed by atoms with E-state index in [1.54, 1.807) is 24.3 Å². The Labute approximate surface area is 200 Å². The Bertz CT molecular complexity index is 1230. The Morgan fingerprint density at radius 3 is 2.59 bits per heavy atom. The minimum Gasteiger partial charge on any atom is -0.488 e. The summed E-state index contributed by atoms with van der Waals surface area (Å²) < 4.78 is 6.01. The maximum absolute atomic E-state index is 12.9. The second kappa shape index (κ2) is 9.82. The summed E-state index contributed by atoms with van der Waals surface area (Å²) in [4.78, 5) is 27.0. The maximum atomic E-state index is 12.9. The third kappa shape index (κ3) is 5.18. The highest BCUT2D eigenvalue weighted by Crippen LogP contribution is 2.36. The van der Waals surface area contributed by atoms with Crippen molar-refractivity contribution in [3.63, 3.8) is 0 Å². The molecule has 3 aromatic rings. The molecule has 4 nitrogen and oxygen atoms in total. The molecule has 3 aromatic carbocycles. The molecular formula is C25H19Cl2NO3S. The van der Waals surface area contributed by atoms with Crippen LogP contribution in [0.15, 0.2) is 71.6 Å². The molecule has 0 aliphatic carbocycles. The number of amides is 2. The van der Waals surface area contributed by atoms with Gasteiger partial charge in [0.1, 0.15) is 12.4 Å². The van der Waals surface area contributed by atoms with E-state index < -0.39 is 0 Å². The lowest BCUT2D eigenvalue weighted by molar-refractivity contribution is -0.123. The number of thioether (sulfide) groups is 1. The smallest absolute Gasteiger partial charge is 0.293 e. The number of ether oxygens (including phenoxy) is 1. The molecule has 32 heavy (non-hydrogen) atoms. The first-order valence-electron chi connectivity index (χ1n) is 9.87. The van der Waals surface area contributed by atoms with Crippen LogP contribution in [0.5, 0.6) is 5.75 Å². The highest BCUT2D eigenvalue weighted by atomic mass is 35.5. The Hall–Kier alpha value is -2.73. The van der Waals surface area contributed by atoms with E-state index in [4.69, 9.17) is 27.9 Å². The number of imide groups is 1. The highest BCUT2D eigenvalue weighted by Gasteiger charge is 2.35. The van der Waals surface area contributed by atoms with Gasteiger partial charge in [-0.3, -0.25) is 14.5 Å². The molecule has 0 radical (unpaired) electrons. The van der Waals surface area contributed by atoms with E-state index in [9.17, 15) is 9.59 Å². The van der Waals surface area contributed by atoms with Gasteiger partial charge in [0.25, 0.3) is 11.1 Å². The lowest BCUT2D eigenvalue weighted by atomic mass is 10.1. The molecule has 0 atom stereocenters. The fourth-order valence-electron chi connectivity index (χ4n) is 3.29. The maximum Gasteiger partial charge on any atom is 0.293 e. The Kier molecular flexibility index (Phi) is 6.89. The number of halogens is 2. The number of para-hydroxylation sites is 1. The molecule has 1 fully saturated rings. The molecule has 0 spiro atoms. The van der Waals surface area contributed by atoms with Crippen LogP contribution in [0.25, 0.3) is 6.08 Å². The Balaban J connectivity index is 1.52. The van der Waals surface area contributed by atoms with E-state index in [2.05, 4.69) is 6.07 Å². The molecule has 1 saturated heterocycles. The lowest BCUT2D eigenvalue weighted by Gasteiger charge is -2.14. The van der Waals surface area contributed by atoms with Crippen LogP contribution in [0.2, 0.25) is 10.0 Å². The summed E-state index contributed by atoms with van der Waals surface area (Å²) in [6, 6.07) is 20.5. The minimum absolute atomic E-state index is 0.0868. The SMILES string of the molecule is Cc1cccc(COc2ccccc2/C=C2\SC(=O)N(Cc3ccc(Cl)cc3Cl)C2=O)c1. The third-order valence-electron chi connectivity index (χ3n) is 4.90. The number of hydrogen-bond donors (Lipinski definition) is 0. The normalized spacial score (nSPS) is 15.0. The number of hydrogen-bond acceptors (Lipinski definition) is 4. The number of aryl methyl sites for hydroxylation is 1. The molecule has 2 amide bonds. The lowest BCUT2D eigenvalue weighted by Crippen LogP contribution is -2.27. The van der Waals surface area contributed by atoms with Gasteiger partial charge in [0.15, 0.2) is 0 Å². The van der Waals surface area contributed by atoms with E-state index in [0.717, 1.165) is 28.5 Å². The van der Waals surface area contributed by atoms with E-state index in [1.165, 1.54) is 4.90 Å². The standard InChI is InChI=1S/C25H19Cl2NO3S/c1-16-5-4-6-17(11-16)15-31-22-8-3-2-7-18(22)12-23-24(29)28(25(30)32-23)14-19-9-10-20(26)13-21(19)27/h2-13H,14-15H2,1H3/b23-12-. The van der Waals surface area contributed by atoms with Gasteiger partial charge in [-0.05, 0) is 54.1 Å². The summed E-state index contributed by atoms with van der Waals surface area (Å²) in [7, 11) is 0. The van der Waals surface area contributed by atoms with Crippen molar-refractivity contribution < 1.29 is 14.3 Å². The monoisotopic (exact) mass is 483 g/mol. The summed E-state index contributed by atoms with van der Waals surface area (Å²) in [5.41, 5.74) is 3.60. The van der Waals surface area contributed by atoms with Crippen LogP contribution in [-0.2, 0) is 17.9 Å². The number of carbonyl (C=O) groups is 2. The first-order valence-corrected chi connectivity index (χ1v) is 11.4. The molecule has 1 aliphatic rings. The van der Waals surface area contributed by atoms with Crippen molar-refractivity contribution >= 4 is 52.2 Å². The van der Waals surface area contributed by atoms with Crippen molar-refractivity contribution in [3.05, 3.63) is 104 Å². The number of carbonyl (C=O) groups excluding carboxylic acids is 2. The third-order valence-corrected chi connectivity index (χ3v) is 6.39. The van der Waals surface area contributed by atoms with Crippen molar-refractivity contribution in [2.24, 2.45) is 0 Å². The molecule has 162 valence electrons. The van der Waals surface area contributed by atoms with Gasteiger partial charge in [0.2, 0.25) is 0 Å². The van der Waals surface area contributed by atoms with Crippen LogP contribution < -0.4 is 4.74 Å². The van der Waals surface area contributed by atoms with Gasteiger partial charge in [-0.1, -0.05) is 77.3 Å². The van der Waals surface area contributed by atoms with Crippen LogP contribution in [0.3, 0.4) is 0 Å². The molecule has 0 aromatic heterocycles. The highest BCUT2D eigenvalue weighted by molar-refractivity contribution is 8.18. The molecule has 4 rings (SSSR count). The zero-order valence-corrected chi connectivity index (χ0v) is 19.5. The van der Waals surface area contributed by atoms with Crippen LogP contribution in [0.4, 0.5) is 4.79 Å². The van der Waals surface area contributed by atoms with Gasteiger partial charge in [-0.15, -0.1) is 0 Å². The summed E-state index contributed by atoms with van der Waals surface area (Å²) >= 11 is 13.1. The van der Waals surface area contributed by atoms with Gasteiger partial charge < -0.3 is 4.74 Å². The van der Waals surface area contributed by atoms with E-state index >= 15 is 0 Å². The van der Waals surface area contributed by atoms with Crippen LogP contribution in [0.1, 0.15) is 22.3 Å². The average molecular weight is 484 g/mol. The van der Waals surface area contributed by atoms with E-state index in [1.807, 2.05) is 49.4 Å². The molecule has 0 bridgehead atoms. The van der Waals surface area contributed by atoms with Gasteiger partial charge in [0.05, 0.1) is 11.4 Å². The first kappa shape index (κ1) is 22.5. The van der Waals surface area contributed by atoms with E-state index in [-0.39, 0.29) is 17.7 Å². The average Bonchev–Trinajstić information content (AvgIpc) is 3.02. The Morgan fingerprint density at radius 1 is 1.00 bits per heavy atom. The zero-order valence-electron chi connectivity index (χ0n) is 17.2. The van der Waals surface area contributed by atoms with Gasteiger partial charge in [-0.25, -0.2) is 0 Å². The zero-order chi connectivity index (χ0) is 22.7. The number of nitrogens with zero attached hydrogens (tertiary/aromatic N) is 1. The second-order valence-electron chi connectivity index (χ2n) is 7.32. The quantitative estimate of drug-likeness (QED) is 0.350. The molecule has 0 N–H and O–H groups in total. The molecule has 7 heteroatoms. The van der Waals surface area contributed by atoms with Crippen molar-refractivity contribution in [2.75, 3.05) is 0 Å². The fraction of sp³-hybridized carbons (Fsp3) is 0.120. The summed E-state index contributed by atoms with van der Waals surface area (Å²) in [6.07, 6.45) is 1.69. The van der Waals surface area contributed by atoms with Gasteiger partial charge >= 0.3 is 0 Å². The minimum atomic E-state index is -0.362. The molecule has 1 heterocycles. The summed E-state index contributed by atoms with van der Waals surface area (Å²) in [5.74, 6) is 0.279. The molecule has 1 aliphatic heterocycles. The summed E-state index contributed by atoms with van der Waals surface area (Å²) in [6.45, 7) is 2.53. The van der Waals surface area contributed by atoms with Crippen LogP contribution in [0, 0.1) is 6.92 Å². The van der Waals surface area contributed by atoms with Crippen molar-refractivity contribution in [1.29, 1.82) is 0 Å². The van der Waals surface area contributed by atoms with Crippen molar-refractivity contribution in [3.8, 4) is 5.75 Å². The topological polar surface area (TPSA) is 46.6 Å². The molecule has 0 unspecified atom stereocenters. The van der Waals surface area contributed by atoms with E-state index in [0.29, 0.717) is 32.9 Å². The van der Waals surface area contributed by atoms with Gasteiger partial charge in [0, 0.05) is 15.6 Å². The molecular weight excluding hydrogens is 465 g/mol.